The summed E-state index contributed by atoms with van der Waals surface area (Å²) in [4.78, 5) is 24.5. The maximum absolute atomic E-state index is 13.1. The summed E-state index contributed by atoms with van der Waals surface area (Å²) < 4.78 is 77.3. The van der Waals surface area contributed by atoms with E-state index in [1.54, 1.807) is 15.9 Å². The van der Waals surface area contributed by atoms with Crippen molar-refractivity contribution < 1.29 is 31.1 Å². The Morgan fingerprint density at radius 1 is 0.829 bits per heavy atom. The van der Waals surface area contributed by atoms with Crippen LogP contribution in [0.25, 0.3) is 0 Å². The van der Waals surface area contributed by atoms with E-state index in [0.29, 0.717) is 18.9 Å². The third kappa shape index (κ3) is 5.64. The lowest BCUT2D eigenvalue weighted by molar-refractivity contribution is -0.138. The number of alkyl halides is 6. The highest BCUT2D eigenvalue weighted by molar-refractivity contribution is 5.99. The van der Waals surface area contributed by atoms with Crippen LogP contribution < -0.4 is 10.2 Å². The average molecular weight is 495 g/mol. The first-order valence-corrected chi connectivity index (χ1v) is 10.5. The number of amides is 1. The van der Waals surface area contributed by atoms with Crippen LogP contribution in [0.2, 0.25) is 0 Å². The van der Waals surface area contributed by atoms with Crippen LogP contribution >= 0.6 is 0 Å². The first-order valence-electron chi connectivity index (χ1n) is 10.5. The predicted molar refractivity (Wildman–Crippen MR) is 116 cm³/mol. The van der Waals surface area contributed by atoms with E-state index < -0.39 is 23.5 Å². The first kappa shape index (κ1) is 24.3. The highest BCUT2D eigenvalue weighted by Crippen LogP contribution is 2.32. The molecule has 0 unspecified atom stereocenters. The van der Waals surface area contributed by atoms with E-state index in [-0.39, 0.29) is 36.1 Å². The number of aromatic nitrogens is 2. The summed E-state index contributed by atoms with van der Waals surface area (Å²) in [5.74, 6) is 0.120. The van der Waals surface area contributed by atoms with Crippen molar-refractivity contribution in [3.05, 3.63) is 77.6 Å². The zero-order chi connectivity index (χ0) is 25.2. The summed E-state index contributed by atoms with van der Waals surface area (Å²) in [5, 5.41) is 2.79. The van der Waals surface area contributed by atoms with Gasteiger partial charge in [0.25, 0.3) is 5.91 Å². The molecule has 12 heteroatoms. The zero-order valence-corrected chi connectivity index (χ0v) is 18.1. The fraction of sp³-hybridized carbons (Fsp3) is 0.261. The number of hydrogen-bond acceptors (Lipinski definition) is 5. The number of anilines is 3. The highest BCUT2D eigenvalue weighted by Gasteiger charge is 2.32. The number of rotatable bonds is 4. The fourth-order valence-corrected chi connectivity index (χ4v) is 3.64. The number of pyridine rings is 2. The van der Waals surface area contributed by atoms with Gasteiger partial charge in [-0.3, -0.25) is 4.79 Å². The Morgan fingerprint density at radius 2 is 1.54 bits per heavy atom. The van der Waals surface area contributed by atoms with Crippen LogP contribution in [0.3, 0.4) is 0 Å². The predicted octanol–water partition coefficient (Wildman–Crippen LogP) is 5.22. The zero-order valence-electron chi connectivity index (χ0n) is 18.1. The third-order valence-electron chi connectivity index (χ3n) is 5.46. The molecule has 0 spiro atoms. The van der Waals surface area contributed by atoms with Crippen LogP contribution in [0.5, 0.6) is 0 Å². The second kappa shape index (κ2) is 9.43. The Hall–Kier alpha value is -3.83. The number of carbonyl (C=O) groups excluding carboxylic acids is 1. The van der Waals surface area contributed by atoms with E-state index >= 15 is 0 Å². The van der Waals surface area contributed by atoms with Gasteiger partial charge in [-0.2, -0.15) is 26.3 Å². The standard InChI is InChI=1S/C23H19F6N5O/c24-22(25,26)15-3-1-4-17(13-15)32-20-18(5-2-8-30-20)21(35)34-11-9-33(10-12-34)19-7-6-16(14-31-19)23(27,28)29/h1-8,13-14H,9-12H2,(H,30,32). The monoisotopic (exact) mass is 495 g/mol. The molecule has 0 aliphatic carbocycles. The van der Waals surface area contributed by atoms with Gasteiger partial charge in [-0.05, 0) is 42.5 Å². The minimum absolute atomic E-state index is 0.115. The number of nitrogens with one attached hydrogen (secondary N) is 1. The van der Waals surface area contributed by atoms with Gasteiger partial charge in [0.15, 0.2) is 0 Å². The van der Waals surface area contributed by atoms with Crippen LogP contribution in [-0.2, 0) is 12.4 Å². The maximum atomic E-state index is 13.1. The van der Waals surface area contributed by atoms with E-state index in [0.717, 1.165) is 24.4 Å². The Kier molecular flexibility index (Phi) is 6.55. The van der Waals surface area contributed by atoms with Crippen molar-refractivity contribution in [3.63, 3.8) is 0 Å². The van der Waals surface area contributed by atoms with Crippen LogP contribution in [-0.4, -0.2) is 47.0 Å². The molecule has 1 aliphatic heterocycles. The Morgan fingerprint density at radius 3 is 2.17 bits per heavy atom. The molecule has 1 N–H and O–H groups in total. The number of carbonyl (C=O) groups is 1. The molecule has 1 saturated heterocycles. The van der Waals surface area contributed by atoms with Gasteiger partial charge >= 0.3 is 12.4 Å². The fourth-order valence-electron chi connectivity index (χ4n) is 3.64. The normalized spacial score (nSPS) is 14.7. The van der Waals surface area contributed by atoms with Gasteiger partial charge in [0.1, 0.15) is 11.6 Å². The molecule has 184 valence electrons. The molecular weight excluding hydrogens is 476 g/mol. The average Bonchev–Trinajstić information content (AvgIpc) is 2.83. The molecule has 35 heavy (non-hydrogen) atoms. The summed E-state index contributed by atoms with van der Waals surface area (Å²) in [6.07, 6.45) is -6.79. The van der Waals surface area contributed by atoms with Crippen LogP contribution in [0.1, 0.15) is 21.5 Å². The minimum Gasteiger partial charge on any atom is -0.353 e. The van der Waals surface area contributed by atoms with E-state index in [1.165, 1.54) is 30.5 Å². The molecule has 1 fully saturated rings. The smallest absolute Gasteiger partial charge is 0.353 e. The summed E-state index contributed by atoms with van der Waals surface area (Å²) in [6, 6.07) is 9.89. The SMILES string of the molecule is O=C(c1cccnc1Nc1cccc(C(F)(F)F)c1)N1CCN(c2ccc(C(F)(F)F)cn2)CC1. The third-order valence-corrected chi connectivity index (χ3v) is 5.46. The number of benzene rings is 1. The Labute approximate surface area is 196 Å². The van der Waals surface area contributed by atoms with Crippen molar-refractivity contribution in [1.29, 1.82) is 0 Å². The molecule has 1 aliphatic rings. The van der Waals surface area contributed by atoms with Gasteiger partial charge < -0.3 is 15.1 Å². The Balaban J connectivity index is 1.44. The van der Waals surface area contributed by atoms with Gasteiger partial charge in [-0.15, -0.1) is 0 Å². The number of nitrogens with zero attached hydrogens (tertiary/aromatic N) is 4. The van der Waals surface area contributed by atoms with Gasteiger partial charge in [0.2, 0.25) is 0 Å². The molecule has 4 rings (SSSR count). The number of piperazine rings is 1. The molecule has 1 amide bonds. The lowest BCUT2D eigenvalue weighted by Gasteiger charge is -2.35. The molecule has 3 heterocycles. The van der Waals surface area contributed by atoms with Crippen molar-refractivity contribution in [2.24, 2.45) is 0 Å². The van der Waals surface area contributed by atoms with Gasteiger partial charge in [0.05, 0.1) is 16.7 Å². The van der Waals surface area contributed by atoms with E-state index in [4.69, 9.17) is 0 Å². The molecule has 0 radical (unpaired) electrons. The van der Waals surface area contributed by atoms with Crippen molar-refractivity contribution in [2.75, 3.05) is 36.4 Å². The van der Waals surface area contributed by atoms with E-state index in [9.17, 15) is 31.1 Å². The molecule has 2 aromatic heterocycles. The van der Waals surface area contributed by atoms with Crippen molar-refractivity contribution in [1.82, 2.24) is 14.9 Å². The van der Waals surface area contributed by atoms with Crippen molar-refractivity contribution >= 4 is 23.2 Å². The van der Waals surface area contributed by atoms with Crippen molar-refractivity contribution in [2.45, 2.75) is 12.4 Å². The first-order chi connectivity index (χ1) is 16.5. The molecule has 0 atom stereocenters. The highest BCUT2D eigenvalue weighted by atomic mass is 19.4. The topological polar surface area (TPSA) is 61.4 Å². The van der Waals surface area contributed by atoms with Crippen LogP contribution in [0.4, 0.5) is 43.7 Å². The van der Waals surface area contributed by atoms with E-state index in [1.807, 2.05) is 0 Å². The summed E-state index contributed by atoms with van der Waals surface area (Å²) in [7, 11) is 0. The van der Waals surface area contributed by atoms with Gasteiger partial charge in [0, 0.05) is 44.3 Å². The largest absolute Gasteiger partial charge is 0.417 e. The van der Waals surface area contributed by atoms with Crippen molar-refractivity contribution in [3.8, 4) is 0 Å². The lowest BCUT2D eigenvalue weighted by Crippen LogP contribution is -2.49. The molecule has 3 aromatic rings. The van der Waals surface area contributed by atoms with Gasteiger partial charge in [-0.1, -0.05) is 6.07 Å². The summed E-state index contributed by atoms with van der Waals surface area (Å²) >= 11 is 0. The summed E-state index contributed by atoms with van der Waals surface area (Å²) in [6.45, 7) is 1.25. The number of hydrogen-bond donors (Lipinski definition) is 1. The minimum atomic E-state index is -4.51. The molecule has 1 aromatic carbocycles. The molecule has 6 nitrogen and oxygen atoms in total. The lowest BCUT2D eigenvalue weighted by atomic mass is 10.1. The molecule has 0 saturated carbocycles. The number of halogens is 6. The Bertz CT molecular complexity index is 1190. The van der Waals surface area contributed by atoms with E-state index in [2.05, 4.69) is 15.3 Å². The summed E-state index contributed by atoms with van der Waals surface area (Å²) in [5.41, 5.74) is -1.36. The second-order valence-electron chi connectivity index (χ2n) is 7.79. The molecule has 0 bridgehead atoms. The van der Waals surface area contributed by atoms with Gasteiger partial charge in [-0.25, -0.2) is 9.97 Å². The molecular formula is C23H19F6N5O. The van der Waals surface area contributed by atoms with Crippen LogP contribution in [0, 0.1) is 0 Å². The maximum Gasteiger partial charge on any atom is 0.417 e. The second-order valence-corrected chi connectivity index (χ2v) is 7.79. The quantitative estimate of drug-likeness (QED) is 0.503. The van der Waals surface area contributed by atoms with Crippen LogP contribution in [0.15, 0.2) is 60.9 Å².